The average molecular weight is 276 g/mol. The van der Waals surface area contributed by atoms with Crippen LogP contribution in [0.4, 0.5) is 0 Å². The van der Waals surface area contributed by atoms with Crippen molar-refractivity contribution in [2.75, 3.05) is 25.9 Å². The van der Waals surface area contributed by atoms with E-state index in [2.05, 4.69) is 31.0 Å². The molecule has 1 saturated heterocycles. The van der Waals surface area contributed by atoms with E-state index in [-0.39, 0.29) is 5.54 Å². The molecule has 0 saturated carbocycles. The van der Waals surface area contributed by atoms with Crippen molar-refractivity contribution in [1.29, 1.82) is 0 Å². The summed E-state index contributed by atoms with van der Waals surface area (Å²) < 4.78 is 23.0. The number of nitrogens with zero attached hydrogens (tertiary/aromatic N) is 1. The van der Waals surface area contributed by atoms with Gasteiger partial charge in [0.2, 0.25) is 0 Å². The summed E-state index contributed by atoms with van der Waals surface area (Å²) in [6.07, 6.45) is 2.38. The molecule has 1 heterocycles. The monoisotopic (exact) mass is 276 g/mol. The highest BCUT2D eigenvalue weighted by Crippen LogP contribution is 2.24. The molecule has 18 heavy (non-hydrogen) atoms. The highest BCUT2D eigenvalue weighted by atomic mass is 32.2. The van der Waals surface area contributed by atoms with Gasteiger partial charge in [0.25, 0.3) is 0 Å². The molecule has 1 fully saturated rings. The van der Waals surface area contributed by atoms with Crippen LogP contribution < -0.4 is 5.32 Å². The minimum atomic E-state index is -3.03. The largest absolute Gasteiger partial charge is 0.309 e. The molecular formula is C13H28N2O2S. The van der Waals surface area contributed by atoms with E-state index >= 15 is 0 Å². The van der Waals surface area contributed by atoms with Crippen molar-refractivity contribution in [3.8, 4) is 0 Å². The van der Waals surface area contributed by atoms with Crippen LogP contribution in [0.1, 0.15) is 41.0 Å². The minimum Gasteiger partial charge on any atom is -0.309 e. The van der Waals surface area contributed by atoms with Gasteiger partial charge < -0.3 is 5.32 Å². The van der Waals surface area contributed by atoms with Crippen LogP contribution in [0.15, 0.2) is 0 Å². The Labute approximate surface area is 112 Å². The summed E-state index contributed by atoms with van der Waals surface area (Å²) in [5.41, 5.74) is 0.0973. The number of piperazine rings is 1. The van der Waals surface area contributed by atoms with Crippen LogP contribution in [0, 0.1) is 0 Å². The molecule has 0 amide bonds. The van der Waals surface area contributed by atoms with E-state index in [0.717, 1.165) is 19.5 Å². The second-order valence-corrected chi connectivity index (χ2v) is 9.23. The summed E-state index contributed by atoms with van der Waals surface area (Å²) in [5.74, 6) is 0. The van der Waals surface area contributed by atoms with Gasteiger partial charge in [-0.3, -0.25) is 4.90 Å². The zero-order valence-corrected chi connectivity index (χ0v) is 13.4. The van der Waals surface area contributed by atoms with Crippen LogP contribution in [0.3, 0.4) is 0 Å². The molecule has 0 bridgehead atoms. The molecule has 108 valence electrons. The van der Waals surface area contributed by atoms with Crippen molar-refractivity contribution in [3.05, 3.63) is 0 Å². The van der Waals surface area contributed by atoms with Crippen LogP contribution in [-0.2, 0) is 9.84 Å². The summed E-state index contributed by atoms with van der Waals surface area (Å²) in [6.45, 7) is 12.6. The Kier molecular flexibility index (Phi) is 4.51. The first kappa shape index (κ1) is 15.9. The zero-order valence-electron chi connectivity index (χ0n) is 12.6. The predicted molar refractivity (Wildman–Crippen MR) is 76.7 cm³/mol. The van der Waals surface area contributed by atoms with Crippen LogP contribution in [0.2, 0.25) is 0 Å². The summed E-state index contributed by atoms with van der Waals surface area (Å²) in [6, 6.07) is 0.380. The second kappa shape index (κ2) is 5.10. The van der Waals surface area contributed by atoms with E-state index in [0.29, 0.717) is 12.6 Å². The first-order valence-electron chi connectivity index (χ1n) is 6.69. The molecule has 1 aliphatic rings. The molecule has 0 aromatic rings. The van der Waals surface area contributed by atoms with Crippen LogP contribution in [0.25, 0.3) is 0 Å². The quantitative estimate of drug-likeness (QED) is 0.840. The average Bonchev–Trinajstić information content (AvgIpc) is 2.22. The van der Waals surface area contributed by atoms with Gasteiger partial charge in [0.1, 0.15) is 0 Å². The maximum Gasteiger partial charge on any atom is 0.153 e. The lowest BCUT2D eigenvalue weighted by atomic mass is 9.93. The molecule has 1 N–H and O–H groups in total. The third-order valence-electron chi connectivity index (χ3n) is 4.37. The number of hydrogen-bond donors (Lipinski definition) is 1. The van der Waals surface area contributed by atoms with E-state index in [9.17, 15) is 8.42 Å². The molecular weight excluding hydrogens is 248 g/mol. The van der Waals surface area contributed by atoms with Crippen molar-refractivity contribution >= 4 is 9.84 Å². The fraction of sp³-hybridized carbons (Fsp3) is 1.00. The predicted octanol–water partition coefficient (Wildman–Crippen LogP) is 1.27. The van der Waals surface area contributed by atoms with E-state index in [1.165, 1.54) is 6.26 Å². The van der Waals surface area contributed by atoms with Crippen LogP contribution >= 0.6 is 0 Å². The number of nitrogens with one attached hydrogen (secondary N) is 1. The summed E-state index contributed by atoms with van der Waals surface area (Å²) in [4.78, 5) is 2.31. The molecule has 0 spiro atoms. The Morgan fingerprint density at radius 1 is 1.44 bits per heavy atom. The van der Waals surface area contributed by atoms with Crippen molar-refractivity contribution in [1.82, 2.24) is 10.2 Å². The first-order chi connectivity index (χ1) is 8.01. The number of rotatable bonds is 4. The Bertz CT molecular complexity index is 392. The van der Waals surface area contributed by atoms with E-state index in [4.69, 9.17) is 0 Å². The highest BCUT2D eigenvalue weighted by Gasteiger charge is 2.38. The lowest BCUT2D eigenvalue weighted by Gasteiger charge is -2.47. The van der Waals surface area contributed by atoms with Gasteiger partial charge in [0.05, 0.1) is 4.75 Å². The molecule has 1 aliphatic heterocycles. The molecule has 0 aromatic heterocycles. The van der Waals surface area contributed by atoms with Crippen LogP contribution in [-0.4, -0.2) is 55.5 Å². The van der Waals surface area contributed by atoms with Crippen molar-refractivity contribution in [2.24, 2.45) is 0 Å². The van der Waals surface area contributed by atoms with Gasteiger partial charge in [-0.05, 0) is 34.1 Å². The number of hydrogen-bond acceptors (Lipinski definition) is 4. The van der Waals surface area contributed by atoms with E-state index < -0.39 is 14.6 Å². The topological polar surface area (TPSA) is 49.4 Å². The van der Waals surface area contributed by atoms with E-state index in [1.807, 2.05) is 13.8 Å². The SMILES string of the molecule is CCC1(C)CN(CC(C)(C)S(C)(=O)=O)C(C)CN1. The lowest BCUT2D eigenvalue weighted by molar-refractivity contribution is 0.0858. The smallest absolute Gasteiger partial charge is 0.153 e. The summed E-state index contributed by atoms with van der Waals surface area (Å²) in [7, 11) is -3.03. The molecule has 0 radical (unpaired) electrons. The highest BCUT2D eigenvalue weighted by molar-refractivity contribution is 7.92. The third-order valence-corrected chi connectivity index (χ3v) is 6.50. The Balaban J connectivity index is 2.82. The Hall–Kier alpha value is -0.130. The first-order valence-corrected chi connectivity index (χ1v) is 8.58. The summed E-state index contributed by atoms with van der Waals surface area (Å²) in [5, 5.41) is 3.56. The molecule has 2 atom stereocenters. The Morgan fingerprint density at radius 3 is 2.44 bits per heavy atom. The van der Waals surface area contributed by atoms with Gasteiger partial charge in [-0.2, -0.15) is 0 Å². The lowest BCUT2D eigenvalue weighted by Crippen LogP contribution is -2.64. The summed E-state index contributed by atoms with van der Waals surface area (Å²) >= 11 is 0. The third kappa shape index (κ3) is 3.45. The normalized spacial score (nSPS) is 31.6. The fourth-order valence-corrected chi connectivity index (χ4v) is 2.64. The van der Waals surface area contributed by atoms with Gasteiger partial charge >= 0.3 is 0 Å². The molecule has 1 rings (SSSR count). The van der Waals surface area contributed by atoms with Gasteiger partial charge in [-0.25, -0.2) is 8.42 Å². The van der Waals surface area contributed by atoms with Gasteiger partial charge in [0.15, 0.2) is 9.84 Å². The van der Waals surface area contributed by atoms with Crippen molar-refractivity contribution in [2.45, 2.75) is 57.4 Å². The molecule has 4 nitrogen and oxygen atoms in total. The molecule has 2 unspecified atom stereocenters. The van der Waals surface area contributed by atoms with Gasteiger partial charge in [-0.15, -0.1) is 0 Å². The second-order valence-electron chi connectivity index (χ2n) is 6.58. The number of sulfone groups is 1. The molecule has 0 aliphatic carbocycles. The fourth-order valence-electron chi connectivity index (χ4n) is 2.24. The van der Waals surface area contributed by atoms with Crippen LogP contribution in [0.5, 0.6) is 0 Å². The maximum atomic E-state index is 11.8. The van der Waals surface area contributed by atoms with Gasteiger partial charge in [-0.1, -0.05) is 6.92 Å². The standard InChI is InChI=1S/C13H28N2O2S/c1-7-13(5)10-15(11(2)8-14-13)9-12(3,4)18(6,16)17/h11,14H,7-10H2,1-6H3. The Morgan fingerprint density at radius 2 is 2.00 bits per heavy atom. The van der Waals surface area contributed by atoms with Gasteiger partial charge in [0, 0.05) is 37.5 Å². The molecule has 5 heteroatoms. The zero-order chi connectivity index (χ0) is 14.2. The van der Waals surface area contributed by atoms with Crippen molar-refractivity contribution < 1.29 is 8.42 Å². The van der Waals surface area contributed by atoms with E-state index in [1.54, 1.807) is 0 Å². The maximum absolute atomic E-state index is 11.8. The molecule has 0 aromatic carbocycles. The van der Waals surface area contributed by atoms with Crippen molar-refractivity contribution in [3.63, 3.8) is 0 Å². The minimum absolute atomic E-state index is 0.0973.